The second-order valence-electron chi connectivity index (χ2n) is 17.9. The van der Waals surface area contributed by atoms with E-state index in [2.05, 4.69) is 258 Å². The van der Waals surface area contributed by atoms with Crippen LogP contribution in [0.15, 0.2) is 231 Å². The molecule has 0 unspecified atom stereocenters. The highest BCUT2D eigenvalue weighted by Crippen LogP contribution is 2.41. The Bertz CT molecular complexity index is 3750. The van der Waals surface area contributed by atoms with Crippen molar-refractivity contribution in [1.82, 2.24) is 13.7 Å². The van der Waals surface area contributed by atoms with Gasteiger partial charge in [0, 0.05) is 60.8 Å². The van der Waals surface area contributed by atoms with Crippen molar-refractivity contribution in [1.29, 1.82) is 0 Å². The second-order valence-corrected chi connectivity index (χ2v) is 17.9. The maximum absolute atomic E-state index is 2.50. The van der Waals surface area contributed by atoms with Gasteiger partial charge in [0.15, 0.2) is 0 Å². The van der Waals surface area contributed by atoms with Crippen molar-refractivity contribution in [3.63, 3.8) is 0 Å². The van der Waals surface area contributed by atoms with E-state index in [0.29, 0.717) is 6.04 Å². The van der Waals surface area contributed by atoms with Crippen LogP contribution in [0.5, 0.6) is 0 Å². The highest BCUT2D eigenvalue weighted by Gasteiger charge is 2.19. The minimum Gasteiger partial charge on any atom is -0.338 e. The summed E-state index contributed by atoms with van der Waals surface area (Å²) < 4.78 is 7.33. The van der Waals surface area contributed by atoms with Gasteiger partial charge in [0.25, 0.3) is 0 Å². The fraction of sp³-hybridized carbons (Fsp3) is 0.0476. The van der Waals surface area contributed by atoms with Crippen molar-refractivity contribution >= 4 is 65.4 Å². The Morgan fingerprint density at radius 2 is 0.561 bits per heavy atom. The lowest BCUT2D eigenvalue weighted by molar-refractivity contribution is 0.642. The lowest BCUT2D eigenvalue weighted by Crippen LogP contribution is -1.99. The first-order chi connectivity index (χ1) is 32.6. The Labute approximate surface area is 383 Å². The highest BCUT2D eigenvalue weighted by molar-refractivity contribution is 6.14. The van der Waals surface area contributed by atoms with Gasteiger partial charge in [-0.2, -0.15) is 0 Å². The summed E-state index contributed by atoms with van der Waals surface area (Å²) >= 11 is 0. The first kappa shape index (κ1) is 38.1. The Kier molecular flexibility index (Phi) is 8.72. The van der Waals surface area contributed by atoms with Crippen LogP contribution in [0.2, 0.25) is 0 Å². The number of fused-ring (bicyclic) bond motifs is 9. The van der Waals surface area contributed by atoms with Crippen LogP contribution in [0.4, 0.5) is 0 Å². The molecule has 3 nitrogen and oxygen atoms in total. The molecule has 66 heavy (non-hydrogen) atoms. The summed E-state index contributed by atoms with van der Waals surface area (Å²) in [5.41, 5.74) is 19.4. The van der Waals surface area contributed by atoms with Crippen molar-refractivity contribution in [3.8, 4) is 55.9 Å². The normalized spacial score (nSPS) is 11.9. The van der Waals surface area contributed by atoms with Crippen molar-refractivity contribution in [2.75, 3.05) is 0 Å². The van der Waals surface area contributed by atoms with Crippen LogP contribution in [-0.2, 0) is 0 Å². The molecule has 0 radical (unpaired) electrons. The quantitative estimate of drug-likeness (QED) is 0.152. The predicted molar refractivity (Wildman–Crippen MR) is 280 cm³/mol. The fourth-order valence-corrected chi connectivity index (χ4v) is 10.7. The first-order valence-corrected chi connectivity index (χ1v) is 23.0. The SMILES string of the molecule is CC(C)n1c2ccc(-c3ccc4c(c3)c3ccccc3n4-c3cccc(-c4ccccc4)c3)cc2c2cc(-c3ccc4c(c3)c3ccccc3n4-c3cccc(-c4ccccc4)c3)ccc21. The minimum atomic E-state index is 0.299. The van der Waals surface area contributed by atoms with Gasteiger partial charge in [-0.3, -0.25) is 0 Å². The molecule has 0 bridgehead atoms. The van der Waals surface area contributed by atoms with Crippen molar-refractivity contribution in [2.45, 2.75) is 19.9 Å². The Morgan fingerprint density at radius 3 is 0.970 bits per heavy atom. The third-order valence-corrected chi connectivity index (χ3v) is 13.8. The Morgan fingerprint density at radius 1 is 0.242 bits per heavy atom. The number of rotatable bonds is 7. The molecule has 0 spiro atoms. The van der Waals surface area contributed by atoms with Crippen molar-refractivity contribution in [3.05, 3.63) is 231 Å². The summed E-state index contributed by atoms with van der Waals surface area (Å²) in [5, 5.41) is 7.55. The average molecular weight is 844 g/mol. The Balaban J connectivity index is 0.930. The molecule has 312 valence electrons. The third kappa shape index (κ3) is 6.04. The summed E-state index contributed by atoms with van der Waals surface area (Å²) in [5.74, 6) is 0. The molecule has 0 amide bonds. The molecule has 0 saturated carbocycles. The van der Waals surface area contributed by atoms with E-state index in [-0.39, 0.29) is 0 Å². The molecular weight excluding hydrogens is 799 g/mol. The molecule has 0 aliphatic rings. The van der Waals surface area contributed by atoms with Gasteiger partial charge in [-0.15, -0.1) is 0 Å². The molecule has 10 aromatic carbocycles. The monoisotopic (exact) mass is 843 g/mol. The van der Waals surface area contributed by atoms with E-state index in [4.69, 9.17) is 0 Å². The molecule has 3 aromatic heterocycles. The van der Waals surface area contributed by atoms with Crippen LogP contribution in [0.3, 0.4) is 0 Å². The number of para-hydroxylation sites is 2. The van der Waals surface area contributed by atoms with Crippen LogP contribution >= 0.6 is 0 Å². The van der Waals surface area contributed by atoms with Gasteiger partial charge >= 0.3 is 0 Å². The van der Waals surface area contributed by atoms with Gasteiger partial charge in [-0.05, 0) is 143 Å². The van der Waals surface area contributed by atoms with Crippen molar-refractivity contribution < 1.29 is 0 Å². The van der Waals surface area contributed by atoms with E-state index < -0.39 is 0 Å². The molecule has 0 fully saturated rings. The zero-order chi connectivity index (χ0) is 43.9. The maximum Gasteiger partial charge on any atom is 0.0541 e. The van der Waals surface area contributed by atoms with Gasteiger partial charge in [0.1, 0.15) is 0 Å². The summed E-state index contributed by atoms with van der Waals surface area (Å²) in [6.07, 6.45) is 0. The van der Waals surface area contributed by atoms with Crippen LogP contribution in [0.25, 0.3) is 121 Å². The molecule has 3 heterocycles. The van der Waals surface area contributed by atoms with E-state index in [1.54, 1.807) is 0 Å². The van der Waals surface area contributed by atoms with Crippen LogP contribution in [-0.4, -0.2) is 13.7 Å². The van der Waals surface area contributed by atoms with Gasteiger partial charge in [0.05, 0.1) is 22.1 Å². The number of hydrogen-bond donors (Lipinski definition) is 0. The highest BCUT2D eigenvalue weighted by atomic mass is 15.0. The van der Waals surface area contributed by atoms with Crippen molar-refractivity contribution in [2.24, 2.45) is 0 Å². The molecule has 0 N–H and O–H groups in total. The lowest BCUT2D eigenvalue weighted by atomic mass is 9.98. The average Bonchev–Trinajstić information content (AvgIpc) is 4.02. The largest absolute Gasteiger partial charge is 0.338 e. The predicted octanol–water partition coefficient (Wildman–Crippen LogP) is 17.2. The van der Waals surface area contributed by atoms with Gasteiger partial charge < -0.3 is 13.7 Å². The molecule has 0 aliphatic heterocycles. The smallest absolute Gasteiger partial charge is 0.0541 e. The second kappa shape index (κ2) is 15.1. The van der Waals surface area contributed by atoms with Gasteiger partial charge in [-0.25, -0.2) is 0 Å². The Hall–Kier alpha value is -8.40. The van der Waals surface area contributed by atoms with Crippen LogP contribution < -0.4 is 0 Å². The van der Waals surface area contributed by atoms with Gasteiger partial charge in [-0.1, -0.05) is 146 Å². The standard InChI is InChI=1S/C63H45N3/c1-41(2)64-60-31-27-48(46-29-33-62-54(37-46)52-23-9-11-25-58(52)65(62)50-21-13-19-44(35-50)42-15-5-3-6-16-42)39-56(60)57-40-49(28-32-61(57)64)47-30-34-63-55(38-47)53-24-10-12-26-59(53)66(63)51-22-14-20-45(36-51)43-17-7-4-8-18-43/h3-41H,1-2H3. The number of nitrogens with zero attached hydrogens (tertiary/aromatic N) is 3. The molecule has 0 saturated heterocycles. The zero-order valence-corrected chi connectivity index (χ0v) is 36.9. The molecule has 3 heteroatoms. The molecule has 13 rings (SSSR count). The van der Waals surface area contributed by atoms with Gasteiger partial charge in [0.2, 0.25) is 0 Å². The molecule has 0 aliphatic carbocycles. The van der Waals surface area contributed by atoms with E-state index in [9.17, 15) is 0 Å². The van der Waals surface area contributed by atoms with Crippen LogP contribution in [0.1, 0.15) is 19.9 Å². The lowest BCUT2D eigenvalue weighted by Gasteiger charge is -2.12. The van der Waals surface area contributed by atoms with Crippen LogP contribution in [0, 0.1) is 0 Å². The topological polar surface area (TPSA) is 14.8 Å². The number of hydrogen-bond acceptors (Lipinski definition) is 0. The third-order valence-electron chi connectivity index (χ3n) is 13.8. The zero-order valence-electron chi connectivity index (χ0n) is 36.9. The maximum atomic E-state index is 2.50. The number of benzene rings is 10. The van der Waals surface area contributed by atoms with E-state index in [1.165, 1.54) is 110 Å². The minimum absolute atomic E-state index is 0.299. The fourth-order valence-electron chi connectivity index (χ4n) is 10.7. The van der Waals surface area contributed by atoms with E-state index in [0.717, 1.165) is 11.4 Å². The first-order valence-electron chi connectivity index (χ1n) is 23.0. The van der Waals surface area contributed by atoms with E-state index >= 15 is 0 Å². The summed E-state index contributed by atoms with van der Waals surface area (Å²) in [7, 11) is 0. The number of aromatic nitrogens is 3. The molecular formula is C63H45N3. The molecule has 0 atom stereocenters. The summed E-state index contributed by atoms with van der Waals surface area (Å²) in [6.45, 7) is 4.58. The molecule has 13 aromatic rings. The summed E-state index contributed by atoms with van der Waals surface area (Å²) in [6, 6.07) is 85.2. The van der Waals surface area contributed by atoms with E-state index in [1.807, 2.05) is 0 Å². The summed E-state index contributed by atoms with van der Waals surface area (Å²) in [4.78, 5) is 0.